The smallest absolute Gasteiger partial charge is 0.319 e. The van der Waals surface area contributed by atoms with Gasteiger partial charge in [-0.25, -0.2) is 14.8 Å². The van der Waals surface area contributed by atoms with Gasteiger partial charge in [-0.05, 0) is 56.9 Å². The molecule has 1 aliphatic rings. The lowest BCUT2D eigenvalue weighted by Gasteiger charge is -2.30. The number of rotatable bonds is 12. The molecule has 4 atom stereocenters. The number of ether oxygens (including phenoxy) is 1. The van der Waals surface area contributed by atoms with E-state index in [1.807, 2.05) is 12.1 Å². The molecule has 1 aromatic carbocycles. The number of nitrogens with one attached hydrogen (secondary N) is 2. The van der Waals surface area contributed by atoms with E-state index in [-0.39, 0.29) is 12.1 Å². The van der Waals surface area contributed by atoms with E-state index in [2.05, 4.69) is 58.4 Å². The van der Waals surface area contributed by atoms with E-state index in [9.17, 15) is 15.0 Å². The number of hydrogen-bond acceptors (Lipinski definition) is 8. The summed E-state index contributed by atoms with van der Waals surface area (Å²) >= 11 is 0. The second-order valence-electron chi connectivity index (χ2n) is 10.4. The molecule has 3 aromatic rings. The van der Waals surface area contributed by atoms with Gasteiger partial charge in [0.1, 0.15) is 36.1 Å². The highest BCUT2D eigenvalue weighted by atomic mass is 16.6. The van der Waals surface area contributed by atoms with Crippen molar-refractivity contribution in [2.24, 2.45) is 0 Å². The minimum absolute atomic E-state index is 0.178. The Morgan fingerprint density at radius 1 is 1.15 bits per heavy atom. The standard InChI is InChI=1S/C28H41N7O4/c1-4-5-7-19-8-10-20(11-9-19)33-28(38)30-13-6-14-34(18(2)3)16-22-23(36)24(37)27(39-22)35-15-12-21-25(29)31-17-32-26(21)35/h8-12,15,17-18,22-24,27,36-37H,4-7,13-14,16H2,1-3H3,(H2,29,31,32)(H2,30,33,38)/t22-,23-,24-,27?/m1/s1. The van der Waals surface area contributed by atoms with Crippen molar-refractivity contribution >= 4 is 28.6 Å². The Hall–Kier alpha value is -3.25. The number of fused-ring (bicyclic) bond motifs is 1. The van der Waals surface area contributed by atoms with Crippen LogP contribution in [-0.2, 0) is 11.2 Å². The number of nitrogens with two attached hydrogens (primary N) is 1. The van der Waals surface area contributed by atoms with E-state index in [0.717, 1.165) is 31.4 Å². The molecule has 6 N–H and O–H groups in total. The maximum Gasteiger partial charge on any atom is 0.319 e. The maximum atomic E-state index is 12.3. The molecular formula is C28H41N7O4. The average Bonchev–Trinajstić information content (AvgIpc) is 3.47. The molecule has 1 unspecified atom stereocenters. The molecule has 11 heteroatoms. The Morgan fingerprint density at radius 2 is 1.92 bits per heavy atom. The van der Waals surface area contributed by atoms with Crippen LogP contribution in [0.5, 0.6) is 0 Å². The van der Waals surface area contributed by atoms with E-state index in [1.54, 1.807) is 16.8 Å². The van der Waals surface area contributed by atoms with E-state index < -0.39 is 24.5 Å². The number of aryl methyl sites for hydroxylation is 1. The number of nitrogens with zero attached hydrogens (tertiary/aromatic N) is 4. The molecule has 0 bridgehead atoms. The van der Waals surface area contributed by atoms with Gasteiger partial charge in [0.15, 0.2) is 6.23 Å². The second kappa shape index (κ2) is 13.2. The van der Waals surface area contributed by atoms with Gasteiger partial charge in [-0.2, -0.15) is 0 Å². The molecule has 1 aliphatic heterocycles. The van der Waals surface area contributed by atoms with Crippen LogP contribution in [0, 0.1) is 0 Å². The van der Waals surface area contributed by atoms with Crippen LogP contribution in [-0.4, -0.2) is 79.7 Å². The third kappa shape index (κ3) is 7.04. The lowest BCUT2D eigenvalue weighted by molar-refractivity contribution is -0.0465. The molecule has 0 spiro atoms. The Kier molecular flexibility index (Phi) is 9.73. The molecule has 1 fully saturated rings. The summed E-state index contributed by atoms with van der Waals surface area (Å²) in [5.41, 5.74) is 8.51. The van der Waals surface area contributed by atoms with Crippen molar-refractivity contribution in [3.63, 3.8) is 0 Å². The number of nitrogen functional groups attached to an aromatic ring is 1. The van der Waals surface area contributed by atoms with Crippen LogP contribution >= 0.6 is 0 Å². The van der Waals surface area contributed by atoms with E-state index >= 15 is 0 Å². The molecule has 11 nitrogen and oxygen atoms in total. The first-order valence-electron chi connectivity index (χ1n) is 13.7. The number of amides is 2. The highest BCUT2D eigenvalue weighted by molar-refractivity contribution is 5.89. The van der Waals surface area contributed by atoms with Gasteiger partial charge in [0.25, 0.3) is 0 Å². The number of aliphatic hydroxyl groups excluding tert-OH is 2. The van der Waals surface area contributed by atoms with Crippen LogP contribution in [0.3, 0.4) is 0 Å². The number of anilines is 2. The highest BCUT2D eigenvalue weighted by Crippen LogP contribution is 2.33. The van der Waals surface area contributed by atoms with Gasteiger partial charge in [-0.1, -0.05) is 25.5 Å². The van der Waals surface area contributed by atoms with Crippen molar-refractivity contribution in [1.82, 2.24) is 24.8 Å². The zero-order chi connectivity index (χ0) is 27.9. The van der Waals surface area contributed by atoms with Crippen molar-refractivity contribution in [2.75, 3.05) is 30.7 Å². The molecule has 0 saturated carbocycles. The number of carbonyl (C=O) groups is 1. The normalized spacial score (nSPS) is 21.2. The third-order valence-electron chi connectivity index (χ3n) is 7.23. The SMILES string of the molecule is CCCCc1ccc(NC(=O)NCCCN(C[C@H]2OC(n3ccc4c(N)ncnc43)[C@H](O)[C@@H]2O)C(C)C)cc1. The van der Waals surface area contributed by atoms with E-state index in [4.69, 9.17) is 10.5 Å². The number of aromatic nitrogens is 3. The molecule has 0 aliphatic carbocycles. The first-order valence-corrected chi connectivity index (χ1v) is 13.7. The molecule has 2 aromatic heterocycles. The van der Waals surface area contributed by atoms with Gasteiger partial charge in [-0.3, -0.25) is 4.90 Å². The number of benzene rings is 1. The Labute approximate surface area is 229 Å². The largest absolute Gasteiger partial charge is 0.387 e. The van der Waals surface area contributed by atoms with Crippen LogP contribution in [0.2, 0.25) is 0 Å². The van der Waals surface area contributed by atoms with Crippen LogP contribution in [0.25, 0.3) is 11.0 Å². The summed E-state index contributed by atoms with van der Waals surface area (Å²) in [7, 11) is 0. The fourth-order valence-electron chi connectivity index (χ4n) is 4.89. The van der Waals surface area contributed by atoms with Gasteiger partial charge in [0.2, 0.25) is 0 Å². The van der Waals surface area contributed by atoms with Crippen molar-refractivity contribution < 1.29 is 19.7 Å². The van der Waals surface area contributed by atoms with Crippen molar-refractivity contribution in [1.29, 1.82) is 0 Å². The molecule has 0 radical (unpaired) electrons. The van der Waals surface area contributed by atoms with E-state index in [1.165, 1.54) is 11.9 Å². The first kappa shape index (κ1) is 28.8. The van der Waals surface area contributed by atoms with Crippen molar-refractivity contribution in [2.45, 2.75) is 77.0 Å². The number of aliphatic hydroxyl groups is 2. The Bertz CT molecular complexity index is 1220. The Balaban J connectivity index is 1.26. The van der Waals surface area contributed by atoms with Crippen LogP contribution in [0.4, 0.5) is 16.3 Å². The minimum Gasteiger partial charge on any atom is -0.387 e. The summed E-state index contributed by atoms with van der Waals surface area (Å²) in [6, 6.07) is 9.67. The highest BCUT2D eigenvalue weighted by Gasteiger charge is 2.44. The predicted molar refractivity (Wildman–Crippen MR) is 151 cm³/mol. The van der Waals surface area contributed by atoms with E-state index in [0.29, 0.717) is 36.5 Å². The average molecular weight is 540 g/mol. The fourth-order valence-corrected chi connectivity index (χ4v) is 4.89. The molecule has 3 heterocycles. The van der Waals surface area contributed by atoms with Gasteiger partial charge < -0.3 is 35.9 Å². The molecule has 4 rings (SSSR count). The summed E-state index contributed by atoms with van der Waals surface area (Å²) in [5.74, 6) is 0.344. The van der Waals surface area contributed by atoms with Crippen LogP contribution in [0.1, 0.15) is 51.8 Å². The minimum atomic E-state index is -1.12. The monoisotopic (exact) mass is 539 g/mol. The molecule has 212 valence electrons. The van der Waals surface area contributed by atoms with Gasteiger partial charge >= 0.3 is 6.03 Å². The quantitative estimate of drug-likeness (QED) is 0.221. The van der Waals surface area contributed by atoms with Gasteiger partial charge in [0.05, 0.1) is 5.39 Å². The summed E-state index contributed by atoms with van der Waals surface area (Å²) in [5, 5.41) is 28.0. The summed E-state index contributed by atoms with van der Waals surface area (Å²) in [6.07, 6.45) is 3.59. The van der Waals surface area contributed by atoms with Gasteiger partial charge in [-0.15, -0.1) is 0 Å². The topological polar surface area (TPSA) is 151 Å². The lowest BCUT2D eigenvalue weighted by Crippen LogP contribution is -2.44. The number of carbonyl (C=O) groups excluding carboxylic acids is 1. The van der Waals surface area contributed by atoms with Crippen LogP contribution < -0.4 is 16.4 Å². The fraction of sp³-hybridized carbons (Fsp3) is 0.536. The number of hydrogen-bond donors (Lipinski definition) is 5. The first-order chi connectivity index (χ1) is 18.8. The molecule has 39 heavy (non-hydrogen) atoms. The summed E-state index contributed by atoms with van der Waals surface area (Å²) < 4.78 is 7.82. The van der Waals surface area contributed by atoms with Crippen LogP contribution in [0.15, 0.2) is 42.9 Å². The summed E-state index contributed by atoms with van der Waals surface area (Å²) in [6.45, 7) is 7.93. The lowest BCUT2D eigenvalue weighted by atomic mass is 10.1. The third-order valence-corrected chi connectivity index (χ3v) is 7.23. The molecule has 1 saturated heterocycles. The van der Waals surface area contributed by atoms with Gasteiger partial charge in [0, 0.05) is 37.6 Å². The predicted octanol–water partition coefficient (Wildman–Crippen LogP) is 2.90. The summed E-state index contributed by atoms with van der Waals surface area (Å²) in [4.78, 5) is 22.8. The molecule has 2 amide bonds. The number of unbranched alkanes of at least 4 members (excludes halogenated alkanes) is 1. The van der Waals surface area contributed by atoms with Crippen molar-refractivity contribution in [3.05, 3.63) is 48.4 Å². The maximum absolute atomic E-state index is 12.3. The Morgan fingerprint density at radius 3 is 2.64 bits per heavy atom. The zero-order valence-electron chi connectivity index (χ0n) is 23.0. The number of urea groups is 1. The second-order valence-corrected chi connectivity index (χ2v) is 10.4. The molecular weight excluding hydrogens is 498 g/mol. The zero-order valence-corrected chi connectivity index (χ0v) is 23.0. The van der Waals surface area contributed by atoms with Crippen molar-refractivity contribution in [3.8, 4) is 0 Å².